The molecule has 0 aliphatic carbocycles. The number of anilines is 1. The molecule has 184 valence electrons. The number of amides is 1. The van der Waals surface area contributed by atoms with Crippen LogP contribution >= 0.6 is 24.0 Å². The van der Waals surface area contributed by atoms with Crippen LogP contribution in [-0.4, -0.2) is 46.4 Å². The maximum Gasteiger partial charge on any atom is 0.242 e. The first-order valence-corrected chi connectivity index (χ1v) is 11.2. The van der Waals surface area contributed by atoms with Gasteiger partial charge in [0.1, 0.15) is 12.3 Å². The van der Waals surface area contributed by atoms with E-state index < -0.39 is 0 Å². The van der Waals surface area contributed by atoms with E-state index in [4.69, 9.17) is 4.74 Å². The van der Waals surface area contributed by atoms with Gasteiger partial charge in [-0.1, -0.05) is 0 Å². The van der Waals surface area contributed by atoms with E-state index in [0.29, 0.717) is 12.5 Å². The molecule has 1 heterocycles. The lowest BCUT2D eigenvalue weighted by Gasteiger charge is -2.20. The van der Waals surface area contributed by atoms with Gasteiger partial charge >= 0.3 is 0 Å². The fourth-order valence-corrected chi connectivity index (χ4v) is 3.11. The van der Waals surface area contributed by atoms with Crippen molar-refractivity contribution in [3.8, 4) is 5.75 Å². The fourth-order valence-electron chi connectivity index (χ4n) is 3.11. The third kappa shape index (κ3) is 11.4. The molecule has 0 aliphatic heterocycles. The first-order valence-electron chi connectivity index (χ1n) is 11.2. The van der Waals surface area contributed by atoms with E-state index in [-0.39, 0.29) is 48.1 Å². The molecule has 0 spiro atoms. The third-order valence-electron chi connectivity index (χ3n) is 4.33. The minimum Gasteiger partial charge on any atom is -0.491 e. The first kappa shape index (κ1) is 28.7. The fraction of sp³-hybridized carbons (Fsp3) is 0.542. The number of aromatic nitrogens is 2. The van der Waals surface area contributed by atoms with E-state index in [2.05, 4.69) is 39.0 Å². The Morgan fingerprint density at radius 1 is 1.18 bits per heavy atom. The number of aryl methyl sites for hydroxylation is 3. The molecule has 0 unspecified atom stereocenters. The van der Waals surface area contributed by atoms with Crippen molar-refractivity contribution in [1.29, 1.82) is 0 Å². The van der Waals surface area contributed by atoms with Crippen molar-refractivity contribution in [3.05, 3.63) is 41.7 Å². The summed E-state index contributed by atoms with van der Waals surface area (Å²) in [5.41, 5.74) is 2.74. The predicted molar refractivity (Wildman–Crippen MR) is 146 cm³/mol. The van der Waals surface area contributed by atoms with Crippen molar-refractivity contribution >= 4 is 41.5 Å². The lowest BCUT2D eigenvalue weighted by atomic mass is 10.1. The van der Waals surface area contributed by atoms with E-state index in [0.717, 1.165) is 35.8 Å². The molecule has 1 aromatic carbocycles. The Kier molecular flexibility index (Phi) is 11.7. The summed E-state index contributed by atoms with van der Waals surface area (Å²) < 4.78 is 7.70. The average molecular weight is 571 g/mol. The van der Waals surface area contributed by atoms with Crippen LogP contribution in [0.1, 0.15) is 52.4 Å². The van der Waals surface area contributed by atoms with E-state index in [1.807, 2.05) is 70.5 Å². The van der Waals surface area contributed by atoms with Crippen LogP contribution in [0, 0.1) is 13.8 Å². The highest BCUT2D eigenvalue weighted by Gasteiger charge is 2.13. The second kappa shape index (κ2) is 13.4. The van der Waals surface area contributed by atoms with Crippen LogP contribution in [0.25, 0.3) is 0 Å². The second-order valence-corrected chi connectivity index (χ2v) is 9.21. The number of hydrogen-bond acceptors (Lipinski definition) is 4. The normalized spacial score (nSPS) is 11.7. The van der Waals surface area contributed by atoms with E-state index >= 15 is 0 Å². The van der Waals surface area contributed by atoms with Crippen LogP contribution in [0.15, 0.2) is 35.3 Å². The smallest absolute Gasteiger partial charge is 0.242 e. The lowest BCUT2D eigenvalue weighted by molar-refractivity contribution is -0.121. The zero-order valence-electron chi connectivity index (χ0n) is 20.9. The Bertz CT molecular complexity index is 901. The second-order valence-electron chi connectivity index (χ2n) is 9.21. The Morgan fingerprint density at radius 2 is 1.85 bits per heavy atom. The molecule has 9 heteroatoms. The molecular weight excluding hydrogens is 531 g/mol. The Morgan fingerprint density at radius 3 is 2.39 bits per heavy atom. The van der Waals surface area contributed by atoms with Crippen LogP contribution in [0.2, 0.25) is 0 Å². The molecule has 3 N–H and O–H groups in total. The highest BCUT2D eigenvalue weighted by molar-refractivity contribution is 14.0. The van der Waals surface area contributed by atoms with Crippen molar-refractivity contribution in [2.45, 2.75) is 73.1 Å². The number of benzene rings is 1. The molecular formula is C24H39IN6O2. The third-order valence-corrected chi connectivity index (χ3v) is 4.33. The summed E-state index contributed by atoms with van der Waals surface area (Å²) in [6.45, 7) is 15.4. The van der Waals surface area contributed by atoms with Gasteiger partial charge in [0.15, 0.2) is 5.96 Å². The first-order chi connectivity index (χ1) is 15.0. The molecule has 0 bridgehead atoms. The zero-order valence-corrected chi connectivity index (χ0v) is 23.2. The maximum atomic E-state index is 12.2. The number of halogens is 1. The molecule has 0 radical (unpaired) electrons. The number of carbonyl (C=O) groups is 1. The SMILES string of the molecule is Cc1cc(C)n(CCCNC(=NCC(=O)NC(C)(C)C)Nc2ccc(OC(C)C)cc2)n1.I. The van der Waals surface area contributed by atoms with E-state index in [1.54, 1.807) is 0 Å². The highest BCUT2D eigenvalue weighted by Crippen LogP contribution is 2.16. The van der Waals surface area contributed by atoms with Gasteiger partial charge in [-0.05, 0) is 85.2 Å². The van der Waals surface area contributed by atoms with Gasteiger partial charge in [0.05, 0.1) is 11.8 Å². The Balaban J connectivity index is 0.00000544. The van der Waals surface area contributed by atoms with Crippen LogP contribution in [0.3, 0.4) is 0 Å². The number of carbonyl (C=O) groups excluding carboxylic acids is 1. The largest absolute Gasteiger partial charge is 0.491 e. The maximum absolute atomic E-state index is 12.2. The summed E-state index contributed by atoms with van der Waals surface area (Å²) in [5.74, 6) is 1.24. The summed E-state index contributed by atoms with van der Waals surface area (Å²) in [6.07, 6.45) is 0.994. The van der Waals surface area contributed by atoms with Gasteiger partial charge in [-0.25, -0.2) is 4.99 Å². The molecule has 0 saturated carbocycles. The molecule has 33 heavy (non-hydrogen) atoms. The number of rotatable bonds is 9. The van der Waals surface area contributed by atoms with Crippen molar-refractivity contribution in [3.63, 3.8) is 0 Å². The number of hydrogen-bond donors (Lipinski definition) is 3. The van der Waals surface area contributed by atoms with Gasteiger partial charge in [-0.15, -0.1) is 24.0 Å². The summed E-state index contributed by atoms with van der Waals surface area (Å²) in [4.78, 5) is 16.7. The number of nitrogens with one attached hydrogen (secondary N) is 3. The molecule has 0 aliphatic rings. The molecule has 0 atom stereocenters. The van der Waals surface area contributed by atoms with Gasteiger partial charge in [0, 0.05) is 30.0 Å². The van der Waals surface area contributed by atoms with Crippen LogP contribution < -0.4 is 20.7 Å². The van der Waals surface area contributed by atoms with Gasteiger partial charge < -0.3 is 20.7 Å². The molecule has 1 amide bonds. The molecule has 2 rings (SSSR count). The standard InChI is InChI=1S/C24H38N6O2.HI/c1-17(2)32-21-11-9-20(10-12-21)27-23(26-16-22(31)28-24(5,6)7)25-13-8-14-30-19(4)15-18(3)29-30;/h9-12,15,17H,8,13-14,16H2,1-7H3,(H,28,31)(H2,25,26,27);1H. The van der Waals surface area contributed by atoms with Crippen molar-refractivity contribution in [2.24, 2.45) is 4.99 Å². The van der Waals surface area contributed by atoms with Crippen LogP contribution in [0.5, 0.6) is 5.75 Å². The van der Waals surface area contributed by atoms with Gasteiger partial charge in [0.25, 0.3) is 0 Å². The quantitative estimate of drug-likeness (QED) is 0.181. The highest BCUT2D eigenvalue weighted by atomic mass is 127. The molecule has 8 nitrogen and oxygen atoms in total. The van der Waals surface area contributed by atoms with Crippen molar-refractivity contribution in [2.75, 3.05) is 18.4 Å². The average Bonchev–Trinajstić information content (AvgIpc) is 2.99. The Hall–Kier alpha value is -2.30. The number of ether oxygens (including phenoxy) is 1. The van der Waals surface area contributed by atoms with E-state index in [1.165, 1.54) is 0 Å². The minimum atomic E-state index is -0.292. The Labute approximate surface area is 215 Å². The topological polar surface area (TPSA) is 92.6 Å². The summed E-state index contributed by atoms with van der Waals surface area (Å²) in [5, 5.41) is 14.0. The summed E-state index contributed by atoms with van der Waals surface area (Å²) in [6, 6.07) is 9.76. The van der Waals surface area contributed by atoms with Crippen LogP contribution in [-0.2, 0) is 11.3 Å². The summed E-state index contributed by atoms with van der Waals surface area (Å²) in [7, 11) is 0. The van der Waals surface area contributed by atoms with Crippen molar-refractivity contribution < 1.29 is 9.53 Å². The van der Waals surface area contributed by atoms with Gasteiger partial charge in [0.2, 0.25) is 5.91 Å². The van der Waals surface area contributed by atoms with E-state index in [9.17, 15) is 4.79 Å². The monoisotopic (exact) mass is 570 g/mol. The molecule has 0 fully saturated rings. The van der Waals surface area contributed by atoms with Crippen molar-refractivity contribution in [1.82, 2.24) is 20.4 Å². The zero-order chi connectivity index (χ0) is 23.7. The van der Waals surface area contributed by atoms with Crippen LogP contribution in [0.4, 0.5) is 5.69 Å². The number of nitrogens with zero attached hydrogens (tertiary/aromatic N) is 3. The molecule has 1 aromatic heterocycles. The van der Waals surface area contributed by atoms with Gasteiger partial charge in [-0.3, -0.25) is 9.48 Å². The predicted octanol–water partition coefficient (Wildman–Crippen LogP) is 4.27. The number of guanidine groups is 1. The van der Waals surface area contributed by atoms with Gasteiger partial charge in [-0.2, -0.15) is 5.10 Å². The minimum absolute atomic E-state index is 0. The summed E-state index contributed by atoms with van der Waals surface area (Å²) >= 11 is 0. The molecule has 2 aromatic rings. The lowest BCUT2D eigenvalue weighted by Crippen LogP contribution is -2.42. The number of aliphatic imine (C=N–C) groups is 1. The molecule has 0 saturated heterocycles.